The highest BCUT2D eigenvalue weighted by Crippen LogP contribution is 2.24. The summed E-state index contributed by atoms with van der Waals surface area (Å²) in [6.45, 7) is 2.12. The number of hydrogen-bond donors (Lipinski definition) is 0. The fourth-order valence-electron chi connectivity index (χ4n) is 1.33. The first kappa shape index (κ1) is 8.70. The van der Waals surface area contributed by atoms with Crippen LogP contribution in [0.4, 0.5) is 0 Å². The average molecular weight is 236 g/mol. The molecule has 0 aliphatic carbocycles. The van der Waals surface area contributed by atoms with Gasteiger partial charge in [0.05, 0.1) is 5.52 Å². The lowest BCUT2D eigenvalue weighted by Crippen LogP contribution is -1.84. The van der Waals surface area contributed by atoms with Crippen LogP contribution in [0.3, 0.4) is 0 Å². The van der Waals surface area contributed by atoms with E-state index in [1.165, 1.54) is 10.9 Å². The second-order valence-electron chi connectivity index (χ2n) is 3.07. The van der Waals surface area contributed by atoms with Crippen LogP contribution in [0.15, 0.2) is 36.5 Å². The van der Waals surface area contributed by atoms with E-state index in [2.05, 4.69) is 52.1 Å². The lowest BCUT2D eigenvalue weighted by atomic mass is 10.1. The Balaban J connectivity index is 2.62. The van der Waals surface area contributed by atoms with Crippen molar-refractivity contribution in [2.24, 2.45) is 0 Å². The number of nitrogens with zero attached hydrogens (tertiary/aromatic N) is 1. The van der Waals surface area contributed by atoms with Gasteiger partial charge in [0, 0.05) is 16.4 Å². The van der Waals surface area contributed by atoms with Crippen molar-refractivity contribution in [1.82, 2.24) is 4.98 Å². The molecule has 1 aromatic heterocycles. The van der Waals surface area contributed by atoms with Gasteiger partial charge in [-0.15, -0.1) is 0 Å². The van der Waals surface area contributed by atoms with E-state index in [1.54, 1.807) is 0 Å². The van der Waals surface area contributed by atoms with Crippen LogP contribution in [-0.2, 0) is 0 Å². The molecule has 66 valence electrons. The molecule has 1 atom stereocenters. The van der Waals surface area contributed by atoms with Crippen molar-refractivity contribution in [2.45, 2.75) is 11.8 Å². The minimum absolute atomic E-state index is 0.388. The third kappa shape index (κ3) is 1.73. The highest BCUT2D eigenvalue weighted by atomic mass is 79.9. The van der Waals surface area contributed by atoms with E-state index in [9.17, 15) is 0 Å². The smallest absolute Gasteiger partial charge is 0.0705 e. The van der Waals surface area contributed by atoms with Crippen LogP contribution in [0.2, 0.25) is 0 Å². The monoisotopic (exact) mass is 235 g/mol. The van der Waals surface area contributed by atoms with Gasteiger partial charge in [-0.1, -0.05) is 34.1 Å². The van der Waals surface area contributed by atoms with Crippen LogP contribution in [0.5, 0.6) is 0 Å². The summed E-state index contributed by atoms with van der Waals surface area (Å²) in [7, 11) is 0. The predicted octanol–water partition coefficient (Wildman–Crippen LogP) is 3.69. The van der Waals surface area contributed by atoms with Crippen molar-refractivity contribution in [3.8, 4) is 0 Å². The number of hydrogen-bond acceptors (Lipinski definition) is 1. The van der Waals surface area contributed by atoms with E-state index in [1.807, 2.05) is 12.3 Å². The Hall–Kier alpha value is -0.890. The number of pyridine rings is 1. The van der Waals surface area contributed by atoms with E-state index in [0.29, 0.717) is 4.83 Å². The standard InChI is InChI=1S/C11H10BrN/c1-8(12)10-5-4-9-3-2-6-13-11(9)7-10/h2-8H,1H3. The zero-order valence-corrected chi connectivity index (χ0v) is 8.95. The molecule has 0 saturated heterocycles. The fourth-order valence-corrected chi connectivity index (χ4v) is 1.62. The molecule has 0 fully saturated rings. The molecule has 0 aliphatic rings. The Bertz CT molecular complexity index is 423. The van der Waals surface area contributed by atoms with Gasteiger partial charge in [0.15, 0.2) is 0 Å². The summed E-state index contributed by atoms with van der Waals surface area (Å²) < 4.78 is 0. The van der Waals surface area contributed by atoms with Gasteiger partial charge in [-0.25, -0.2) is 0 Å². The summed E-state index contributed by atoms with van der Waals surface area (Å²) in [5.41, 5.74) is 2.33. The third-order valence-corrected chi connectivity index (χ3v) is 2.62. The summed E-state index contributed by atoms with van der Waals surface area (Å²) in [4.78, 5) is 4.69. The third-order valence-electron chi connectivity index (χ3n) is 2.09. The van der Waals surface area contributed by atoms with Gasteiger partial charge in [-0.05, 0) is 24.6 Å². The molecule has 1 unspecified atom stereocenters. The largest absolute Gasteiger partial charge is 0.256 e. The molecule has 1 nitrogen and oxygen atoms in total. The molecule has 13 heavy (non-hydrogen) atoms. The molecular formula is C11H10BrN. The van der Waals surface area contributed by atoms with Gasteiger partial charge < -0.3 is 0 Å². The topological polar surface area (TPSA) is 12.9 Å². The molecule has 1 aromatic carbocycles. The first-order valence-corrected chi connectivity index (χ1v) is 5.18. The van der Waals surface area contributed by atoms with Crippen LogP contribution >= 0.6 is 15.9 Å². The summed E-state index contributed by atoms with van der Waals surface area (Å²) in [5, 5.41) is 1.19. The number of aromatic nitrogens is 1. The van der Waals surface area contributed by atoms with Gasteiger partial charge in [-0.2, -0.15) is 0 Å². The molecule has 0 radical (unpaired) electrons. The maximum Gasteiger partial charge on any atom is 0.0705 e. The van der Waals surface area contributed by atoms with Crippen LogP contribution < -0.4 is 0 Å². The Labute approximate surface area is 85.9 Å². The summed E-state index contributed by atoms with van der Waals surface area (Å²) in [6, 6.07) is 10.4. The van der Waals surface area contributed by atoms with Crippen LogP contribution in [0.25, 0.3) is 10.9 Å². The number of halogens is 1. The van der Waals surface area contributed by atoms with Crippen LogP contribution in [-0.4, -0.2) is 4.98 Å². The normalized spacial score (nSPS) is 13.1. The number of benzene rings is 1. The number of rotatable bonds is 1. The number of alkyl halides is 1. The van der Waals surface area contributed by atoms with E-state index in [0.717, 1.165) is 5.52 Å². The van der Waals surface area contributed by atoms with Crippen LogP contribution in [0.1, 0.15) is 17.3 Å². The lowest BCUT2D eigenvalue weighted by molar-refractivity contribution is 1.13. The quantitative estimate of drug-likeness (QED) is 0.688. The SMILES string of the molecule is CC(Br)c1ccc2cccnc2c1. The van der Waals surface area contributed by atoms with Crippen molar-refractivity contribution in [2.75, 3.05) is 0 Å². The van der Waals surface area contributed by atoms with Gasteiger partial charge in [-0.3, -0.25) is 4.98 Å². The Morgan fingerprint density at radius 3 is 2.92 bits per heavy atom. The van der Waals surface area contributed by atoms with E-state index in [4.69, 9.17) is 0 Å². The first-order valence-electron chi connectivity index (χ1n) is 4.26. The molecule has 2 rings (SSSR count). The van der Waals surface area contributed by atoms with Crippen molar-refractivity contribution in [3.05, 3.63) is 42.1 Å². The molecule has 0 amide bonds. The molecule has 0 aliphatic heterocycles. The zero-order chi connectivity index (χ0) is 9.26. The second-order valence-corrected chi connectivity index (χ2v) is 4.45. The van der Waals surface area contributed by atoms with Gasteiger partial charge in [0.25, 0.3) is 0 Å². The highest BCUT2D eigenvalue weighted by Gasteiger charge is 2.01. The van der Waals surface area contributed by atoms with Crippen molar-refractivity contribution in [1.29, 1.82) is 0 Å². The Morgan fingerprint density at radius 1 is 1.31 bits per heavy atom. The molecule has 2 aromatic rings. The van der Waals surface area contributed by atoms with E-state index < -0.39 is 0 Å². The Morgan fingerprint density at radius 2 is 2.15 bits per heavy atom. The number of fused-ring (bicyclic) bond motifs is 1. The molecule has 0 saturated carbocycles. The molecule has 2 heteroatoms. The lowest BCUT2D eigenvalue weighted by Gasteiger charge is -2.04. The summed E-state index contributed by atoms with van der Waals surface area (Å²) in [6.07, 6.45) is 1.82. The van der Waals surface area contributed by atoms with Crippen molar-refractivity contribution < 1.29 is 0 Å². The molecule has 0 N–H and O–H groups in total. The summed E-state index contributed by atoms with van der Waals surface area (Å²) >= 11 is 3.54. The summed E-state index contributed by atoms with van der Waals surface area (Å²) in [5.74, 6) is 0. The molecule has 0 spiro atoms. The van der Waals surface area contributed by atoms with E-state index >= 15 is 0 Å². The van der Waals surface area contributed by atoms with E-state index in [-0.39, 0.29) is 0 Å². The van der Waals surface area contributed by atoms with Gasteiger partial charge >= 0.3 is 0 Å². The van der Waals surface area contributed by atoms with Crippen molar-refractivity contribution >= 4 is 26.8 Å². The second kappa shape index (κ2) is 3.46. The van der Waals surface area contributed by atoms with Crippen molar-refractivity contribution in [3.63, 3.8) is 0 Å². The highest BCUT2D eigenvalue weighted by molar-refractivity contribution is 9.09. The molecule has 0 bridgehead atoms. The van der Waals surface area contributed by atoms with Gasteiger partial charge in [0.2, 0.25) is 0 Å². The van der Waals surface area contributed by atoms with Gasteiger partial charge in [0.1, 0.15) is 0 Å². The molecular weight excluding hydrogens is 226 g/mol. The first-order chi connectivity index (χ1) is 6.27. The molecule has 1 heterocycles. The minimum atomic E-state index is 0.388. The Kier molecular flexibility index (Phi) is 2.32. The minimum Gasteiger partial charge on any atom is -0.256 e. The predicted molar refractivity (Wildman–Crippen MR) is 59.1 cm³/mol. The fraction of sp³-hybridized carbons (Fsp3) is 0.182. The average Bonchev–Trinajstić information content (AvgIpc) is 2.17. The maximum atomic E-state index is 4.30. The van der Waals surface area contributed by atoms with Crippen LogP contribution in [0, 0.1) is 0 Å². The maximum absolute atomic E-state index is 4.30. The zero-order valence-electron chi connectivity index (χ0n) is 7.37.